The number of anilines is 1. The number of nitrogens with two attached hydrogens (primary N) is 1. The summed E-state index contributed by atoms with van der Waals surface area (Å²) in [6, 6.07) is 19.8. The summed E-state index contributed by atoms with van der Waals surface area (Å²) in [6.45, 7) is 3.79. The molecule has 0 spiro atoms. The van der Waals surface area contributed by atoms with E-state index < -0.39 is 27.8 Å². The highest BCUT2D eigenvalue weighted by Crippen LogP contribution is 2.42. The summed E-state index contributed by atoms with van der Waals surface area (Å²) in [6.07, 6.45) is -0.0292. The van der Waals surface area contributed by atoms with E-state index in [1.165, 1.54) is 29.2 Å². The first kappa shape index (κ1) is 24.2. The van der Waals surface area contributed by atoms with Crippen LogP contribution < -0.4 is 14.8 Å². The van der Waals surface area contributed by atoms with Crippen molar-refractivity contribution in [3.63, 3.8) is 0 Å². The van der Waals surface area contributed by atoms with Crippen LogP contribution in [0.15, 0.2) is 89.3 Å². The van der Waals surface area contributed by atoms with Crippen molar-refractivity contribution in [3.05, 3.63) is 95.6 Å². The lowest BCUT2D eigenvalue weighted by Gasteiger charge is -2.25. The van der Waals surface area contributed by atoms with Crippen molar-refractivity contribution in [2.24, 2.45) is 5.14 Å². The number of hydrogen-bond acceptors (Lipinski definition) is 6. The van der Waals surface area contributed by atoms with E-state index in [1.54, 1.807) is 54.6 Å². The number of aliphatic hydroxyl groups is 1. The number of carbonyl (C=O) groups is 2. The first-order chi connectivity index (χ1) is 16.6. The van der Waals surface area contributed by atoms with Gasteiger partial charge in [-0.1, -0.05) is 30.3 Å². The summed E-state index contributed by atoms with van der Waals surface area (Å²) in [4.78, 5) is 27.5. The number of ether oxygens (including phenoxy) is 1. The molecule has 1 aliphatic rings. The van der Waals surface area contributed by atoms with Crippen LogP contribution in [0.3, 0.4) is 0 Å². The van der Waals surface area contributed by atoms with E-state index in [4.69, 9.17) is 9.88 Å². The Bertz CT molecular complexity index is 1400. The van der Waals surface area contributed by atoms with Crippen molar-refractivity contribution in [1.29, 1.82) is 0 Å². The molecule has 3 aromatic carbocycles. The molecule has 3 N–H and O–H groups in total. The number of amides is 1. The number of primary sulfonamides is 1. The number of carbonyl (C=O) groups excluding carboxylic acids is 2. The third-order valence-electron chi connectivity index (χ3n) is 5.50. The lowest BCUT2D eigenvalue weighted by Crippen LogP contribution is -2.29. The fourth-order valence-electron chi connectivity index (χ4n) is 3.97. The van der Waals surface area contributed by atoms with Crippen molar-refractivity contribution < 1.29 is 27.9 Å². The summed E-state index contributed by atoms with van der Waals surface area (Å²) in [5, 5.41) is 16.4. The molecule has 3 aromatic rings. The number of aliphatic hydroxyl groups excluding tert-OH is 1. The smallest absolute Gasteiger partial charge is 0.300 e. The third kappa shape index (κ3) is 4.82. The molecule has 0 aromatic heterocycles. The molecule has 1 atom stereocenters. The Labute approximate surface area is 203 Å². The molecule has 9 heteroatoms. The van der Waals surface area contributed by atoms with Gasteiger partial charge in [0.2, 0.25) is 10.0 Å². The second kappa shape index (κ2) is 9.36. The van der Waals surface area contributed by atoms with Gasteiger partial charge in [0.1, 0.15) is 11.5 Å². The molecule has 0 radical (unpaired) electrons. The van der Waals surface area contributed by atoms with Gasteiger partial charge >= 0.3 is 0 Å². The Hall–Kier alpha value is -3.95. The largest absolute Gasteiger partial charge is 0.507 e. The maximum Gasteiger partial charge on any atom is 0.300 e. The summed E-state index contributed by atoms with van der Waals surface area (Å²) in [7, 11) is -3.93. The molecule has 1 fully saturated rings. The third-order valence-corrected chi connectivity index (χ3v) is 6.43. The molecule has 1 unspecified atom stereocenters. The molecule has 0 aliphatic carbocycles. The molecule has 8 nitrogen and oxygen atoms in total. The predicted molar refractivity (Wildman–Crippen MR) is 131 cm³/mol. The number of hydrogen-bond donors (Lipinski definition) is 2. The number of nitrogens with zero attached hydrogens (tertiary/aromatic N) is 1. The van der Waals surface area contributed by atoms with Gasteiger partial charge in [-0.25, -0.2) is 13.6 Å². The lowest BCUT2D eigenvalue weighted by molar-refractivity contribution is -0.132. The first-order valence-electron chi connectivity index (χ1n) is 10.8. The summed E-state index contributed by atoms with van der Waals surface area (Å²) in [5.41, 5.74) is 1.16. The maximum atomic E-state index is 13.2. The van der Waals surface area contributed by atoms with Crippen LogP contribution in [-0.4, -0.2) is 31.3 Å². The zero-order chi connectivity index (χ0) is 25.3. The van der Waals surface area contributed by atoms with Gasteiger partial charge in [0.15, 0.2) is 0 Å². The minimum absolute atomic E-state index is 0.0292. The van der Waals surface area contributed by atoms with Crippen LogP contribution in [0.5, 0.6) is 5.75 Å². The van der Waals surface area contributed by atoms with E-state index in [1.807, 2.05) is 13.8 Å². The zero-order valence-corrected chi connectivity index (χ0v) is 19.9. The molecule has 4 rings (SSSR count). The van der Waals surface area contributed by atoms with Gasteiger partial charge in [-0.05, 0) is 67.9 Å². The van der Waals surface area contributed by atoms with Crippen LogP contribution in [-0.2, 0) is 19.6 Å². The average Bonchev–Trinajstić information content (AvgIpc) is 3.09. The van der Waals surface area contributed by atoms with Crippen LogP contribution in [0, 0.1) is 0 Å². The van der Waals surface area contributed by atoms with Crippen LogP contribution in [0.4, 0.5) is 5.69 Å². The van der Waals surface area contributed by atoms with Gasteiger partial charge in [-0.3, -0.25) is 14.5 Å². The Morgan fingerprint density at radius 2 is 1.54 bits per heavy atom. The monoisotopic (exact) mass is 492 g/mol. The topological polar surface area (TPSA) is 127 Å². The van der Waals surface area contributed by atoms with Gasteiger partial charge in [0, 0.05) is 11.3 Å². The van der Waals surface area contributed by atoms with Gasteiger partial charge in [-0.2, -0.15) is 0 Å². The molecule has 1 saturated heterocycles. The number of Topliss-reactive ketones (excluding diaryl/α,β-unsaturated/α-hetero) is 1. The van der Waals surface area contributed by atoms with Gasteiger partial charge in [0.05, 0.1) is 22.6 Å². The average molecular weight is 493 g/mol. The molecule has 1 amide bonds. The molecule has 0 bridgehead atoms. The highest BCUT2D eigenvalue weighted by molar-refractivity contribution is 7.89. The highest BCUT2D eigenvalue weighted by atomic mass is 32.2. The SMILES string of the molecule is CC(C)Oc1ccc(/C(O)=C2\C(=O)C(=O)N(c3ccc(S(N)(=O)=O)cc3)C2c2ccccc2)cc1. The summed E-state index contributed by atoms with van der Waals surface area (Å²) >= 11 is 0. The molecule has 1 heterocycles. The molecule has 1 aliphatic heterocycles. The van der Waals surface area contributed by atoms with Crippen LogP contribution in [0.2, 0.25) is 0 Å². The standard InChI is InChI=1S/C26H24N2O6S/c1-16(2)34-20-12-8-18(9-13-20)24(29)22-23(17-6-4-3-5-7-17)28(26(31)25(22)30)19-10-14-21(15-11-19)35(27,32)33/h3-16,23,29H,1-2H3,(H2,27,32,33)/b24-22+. The molecular formula is C26H24N2O6S. The highest BCUT2D eigenvalue weighted by Gasteiger charge is 2.46. The quantitative estimate of drug-likeness (QED) is 0.307. The molecule has 0 saturated carbocycles. The number of benzene rings is 3. The zero-order valence-electron chi connectivity index (χ0n) is 19.1. The summed E-state index contributed by atoms with van der Waals surface area (Å²) < 4.78 is 28.9. The van der Waals surface area contributed by atoms with Crippen molar-refractivity contribution in [2.75, 3.05) is 4.90 Å². The van der Waals surface area contributed by atoms with E-state index in [9.17, 15) is 23.1 Å². The summed E-state index contributed by atoms with van der Waals surface area (Å²) in [5.74, 6) is -1.42. The van der Waals surface area contributed by atoms with E-state index >= 15 is 0 Å². The first-order valence-corrected chi connectivity index (χ1v) is 12.4. The predicted octanol–water partition coefficient (Wildman–Crippen LogP) is 3.75. The Balaban J connectivity index is 1.84. The Morgan fingerprint density at radius 3 is 2.09 bits per heavy atom. The second-order valence-corrected chi connectivity index (χ2v) is 9.87. The van der Waals surface area contributed by atoms with Crippen LogP contribution in [0.25, 0.3) is 5.76 Å². The Kier molecular flexibility index (Phi) is 6.47. The number of ketones is 1. The van der Waals surface area contributed by atoms with Crippen LogP contribution >= 0.6 is 0 Å². The van der Waals surface area contributed by atoms with Crippen molar-refractivity contribution in [2.45, 2.75) is 30.9 Å². The van der Waals surface area contributed by atoms with Gasteiger partial charge in [-0.15, -0.1) is 0 Å². The van der Waals surface area contributed by atoms with E-state index in [0.717, 1.165) is 0 Å². The number of sulfonamides is 1. The van der Waals surface area contributed by atoms with Crippen molar-refractivity contribution in [1.82, 2.24) is 0 Å². The van der Waals surface area contributed by atoms with E-state index in [2.05, 4.69) is 0 Å². The minimum Gasteiger partial charge on any atom is -0.507 e. The minimum atomic E-state index is -3.93. The van der Waals surface area contributed by atoms with Gasteiger partial charge in [0.25, 0.3) is 11.7 Å². The Morgan fingerprint density at radius 1 is 0.943 bits per heavy atom. The fraction of sp³-hybridized carbons (Fsp3) is 0.154. The fourth-order valence-corrected chi connectivity index (χ4v) is 4.48. The number of rotatable bonds is 6. The molecular weight excluding hydrogens is 468 g/mol. The maximum absolute atomic E-state index is 13.2. The molecule has 35 heavy (non-hydrogen) atoms. The van der Waals surface area contributed by atoms with Crippen LogP contribution in [0.1, 0.15) is 31.0 Å². The second-order valence-electron chi connectivity index (χ2n) is 8.31. The van der Waals surface area contributed by atoms with Crippen molar-refractivity contribution in [3.8, 4) is 5.75 Å². The van der Waals surface area contributed by atoms with E-state index in [-0.39, 0.29) is 28.0 Å². The van der Waals surface area contributed by atoms with Gasteiger partial charge < -0.3 is 9.84 Å². The molecule has 180 valence electrons. The lowest BCUT2D eigenvalue weighted by atomic mass is 9.95. The van der Waals surface area contributed by atoms with E-state index in [0.29, 0.717) is 16.9 Å². The normalized spacial score (nSPS) is 17.7. The van der Waals surface area contributed by atoms with Crippen molar-refractivity contribution >= 4 is 33.2 Å².